The van der Waals surface area contributed by atoms with Crippen LogP contribution in [-0.4, -0.2) is 30.4 Å². The molecule has 0 N–H and O–H groups in total. The van der Waals surface area contributed by atoms with Gasteiger partial charge in [-0.15, -0.1) is 0 Å². The molecule has 178 valence electrons. The Labute approximate surface area is 211 Å². The van der Waals surface area contributed by atoms with Crippen molar-refractivity contribution in [3.05, 3.63) is 98.0 Å². The molecule has 1 aliphatic heterocycles. The third-order valence-corrected chi connectivity index (χ3v) is 6.17. The molecule has 3 aromatic rings. The lowest BCUT2D eigenvalue weighted by Crippen LogP contribution is -2.30. The highest BCUT2D eigenvalue weighted by molar-refractivity contribution is 6.44. The molecule has 0 radical (unpaired) electrons. The zero-order chi connectivity index (χ0) is 25.3. The van der Waals surface area contributed by atoms with Gasteiger partial charge in [0, 0.05) is 0 Å². The van der Waals surface area contributed by atoms with Crippen molar-refractivity contribution in [2.24, 2.45) is 0 Å². The molecule has 3 aromatic carbocycles. The van der Waals surface area contributed by atoms with E-state index in [0.29, 0.717) is 16.7 Å². The number of imide groups is 1. The van der Waals surface area contributed by atoms with E-state index in [-0.39, 0.29) is 45.6 Å². The lowest BCUT2D eigenvalue weighted by atomic mass is 10.1. The maximum Gasteiger partial charge on any atom is 0.338 e. The summed E-state index contributed by atoms with van der Waals surface area (Å²) < 4.78 is 10.3. The monoisotopic (exact) mass is 511 g/mol. The van der Waals surface area contributed by atoms with E-state index in [9.17, 15) is 19.2 Å². The molecule has 1 heterocycles. The Bertz CT molecular complexity index is 1330. The van der Waals surface area contributed by atoms with Gasteiger partial charge in [-0.1, -0.05) is 41.4 Å². The minimum Gasteiger partial charge on any atom is -0.462 e. The fourth-order valence-electron chi connectivity index (χ4n) is 3.61. The first kappa shape index (κ1) is 24.4. The van der Waals surface area contributed by atoms with Gasteiger partial charge in [0.2, 0.25) is 0 Å². The van der Waals surface area contributed by atoms with Crippen molar-refractivity contribution >= 4 is 52.6 Å². The number of ether oxygens (including phenoxy) is 2. The summed E-state index contributed by atoms with van der Waals surface area (Å²) >= 11 is 12.0. The van der Waals surface area contributed by atoms with Crippen molar-refractivity contribution in [3.8, 4) is 0 Å². The SMILES string of the molecule is CCOC(=O)c1ccc(COC(=O)c2ccc(C)c(N3C(=O)c4cc(Cl)c(Cl)cc4C3=O)c2)cc1. The van der Waals surface area contributed by atoms with Crippen molar-refractivity contribution < 1.29 is 28.7 Å². The number of halogens is 2. The first-order chi connectivity index (χ1) is 16.7. The second-order valence-electron chi connectivity index (χ2n) is 7.75. The van der Waals surface area contributed by atoms with Gasteiger partial charge in [-0.05, 0) is 61.4 Å². The molecule has 0 bridgehead atoms. The Kier molecular flexibility index (Phi) is 6.91. The molecular weight excluding hydrogens is 493 g/mol. The summed E-state index contributed by atoms with van der Waals surface area (Å²) in [5.74, 6) is -2.18. The molecule has 0 aromatic heterocycles. The number of carbonyl (C=O) groups is 4. The lowest BCUT2D eigenvalue weighted by Gasteiger charge is -2.17. The first-order valence-electron chi connectivity index (χ1n) is 10.6. The topological polar surface area (TPSA) is 90.0 Å². The molecule has 2 amide bonds. The molecule has 7 nitrogen and oxygen atoms in total. The summed E-state index contributed by atoms with van der Waals surface area (Å²) in [4.78, 5) is 51.4. The zero-order valence-corrected chi connectivity index (χ0v) is 20.3. The summed E-state index contributed by atoms with van der Waals surface area (Å²) in [6.45, 7) is 3.69. The van der Waals surface area contributed by atoms with Gasteiger partial charge < -0.3 is 9.47 Å². The predicted octanol–water partition coefficient (Wildman–Crippen LogP) is 5.64. The highest BCUT2D eigenvalue weighted by Crippen LogP contribution is 2.35. The standard InChI is InChI=1S/C26H19Cl2NO6/c1-3-34-25(32)16-8-5-15(6-9-16)13-35-26(33)17-7-4-14(2)22(10-17)29-23(30)18-11-20(27)21(28)12-19(18)24(29)31/h4-12H,3,13H2,1-2H3. The summed E-state index contributed by atoms with van der Waals surface area (Å²) in [6.07, 6.45) is 0. The minimum absolute atomic E-state index is 0.0326. The van der Waals surface area contributed by atoms with E-state index in [1.165, 1.54) is 18.2 Å². The van der Waals surface area contributed by atoms with Gasteiger partial charge in [-0.25, -0.2) is 14.5 Å². The first-order valence-corrected chi connectivity index (χ1v) is 11.4. The second kappa shape index (κ2) is 9.90. The van der Waals surface area contributed by atoms with Crippen LogP contribution in [0.1, 0.15) is 59.5 Å². The Morgan fingerprint density at radius 3 is 1.91 bits per heavy atom. The Morgan fingerprint density at radius 2 is 1.34 bits per heavy atom. The number of anilines is 1. The van der Waals surface area contributed by atoms with Crippen molar-refractivity contribution in [2.45, 2.75) is 20.5 Å². The fraction of sp³-hybridized carbons (Fsp3) is 0.154. The Hall–Kier alpha value is -3.68. The maximum absolute atomic E-state index is 13.0. The van der Waals surface area contributed by atoms with E-state index in [0.717, 1.165) is 4.90 Å². The number of hydrogen-bond donors (Lipinski definition) is 0. The maximum atomic E-state index is 13.0. The molecule has 0 saturated heterocycles. The van der Waals surface area contributed by atoms with Crippen molar-refractivity contribution in [3.63, 3.8) is 0 Å². The van der Waals surface area contributed by atoms with Gasteiger partial charge in [-0.3, -0.25) is 9.59 Å². The van der Waals surface area contributed by atoms with E-state index >= 15 is 0 Å². The van der Waals surface area contributed by atoms with Gasteiger partial charge in [0.05, 0.1) is 44.6 Å². The van der Waals surface area contributed by atoms with Crippen LogP contribution in [0, 0.1) is 6.92 Å². The van der Waals surface area contributed by atoms with Crippen molar-refractivity contribution in [1.82, 2.24) is 0 Å². The number of fused-ring (bicyclic) bond motifs is 1. The van der Waals surface area contributed by atoms with E-state index in [1.54, 1.807) is 50.2 Å². The van der Waals surface area contributed by atoms with E-state index in [1.807, 2.05) is 0 Å². The molecule has 0 fully saturated rings. The highest BCUT2D eigenvalue weighted by atomic mass is 35.5. The molecule has 9 heteroatoms. The predicted molar refractivity (Wildman–Crippen MR) is 130 cm³/mol. The third kappa shape index (κ3) is 4.78. The van der Waals surface area contributed by atoms with Crippen LogP contribution < -0.4 is 4.90 Å². The van der Waals surface area contributed by atoms with Crippen LogP contribution in [0.5, 0.6) is 0 Å². The number of amides is 2. The van der Waals surface area contributed by atoms with Crippen LogP contribution in [-0.2, 0) is 16.1 Å². The summed E-state index contributed by atoms with van der Waals surface area (Å²) in [6, 6.07) is 13.8. The van der Waals surface area contributed by atoms with Crippen LogP contribution in [0.4, 0.5) is 5.69 Å². The van der Waals surface area contributed by atoms with Crippen LogP contribution in [0.2, 0.25) is 10.0 Å². The molecule has 0 unspecified atom stereocenters. The smallest absolute Gasteiger partial charge is 0.338 e. The molecule has 4 rings (SSSR count). The number of rotatable bonds is 6. The number of esters is 2. The molecule has 0 atom stereocenters. The number of aryl methyl sites for hydroxylation is 1. The van der Waals surface area contributed by atoms with Crippen molar-refractivity contribution in [2.75, 3.05) is 11.5 Å². The summed E-state index contributed by atoms with van der Waals surface area (Å²) in [7, 11) is 0. The van der Waals surface area contributed by atoms with Crippen LogP contribution in [0.25, 0.3) is 0 Å². The average Bonchev–Trinajstić information content (AvgIpc) is 3.07. The molecule has 35 heavy (non-hydrogen) atoms. The number of benzene rings is 3. The Morgan fingerprint density at radius 1 is 0.800 bits per heavy atom. The number of carbonyl (C=O) groups excluding carboxylic acids is 4. The fourth-order valence-corrected chi connectivity index (χ4v) is 3.94. The Balaban J connectivity index is 1.52. The molecular formula is C26H19Cl2NO6. The molecule has 0 saturated carbocycles. The number of nitrogens with zero attached hydrogens (tertiary/aromatic N) is 1. The molecule has 1 aliphatic rings. The lowest BCUT2D eigenvalue weighted by molar-refractivity contribution is 0.0469. The van der Waals surface area contributed by atoms with Crippen LogP contribution in [0.15, 0.2) is 54.6 Å². The van der Waals surface area contributed by atoms with E-state index in [4.69, 9.17) is 32.7 Å². The van der Waals surface area contributed by atoms with Crippen LogP contribution in [0.3, 0.4) is 0 Å². The quantitative estimate of drug-likeness (QED) is 0.314. The summed E-state index contributed by atoms with van der Waals surface area (Å²) in [5, 5.41) is 0.329. The number of hydrogen-bond acceptors (Lipinski definition) is 6. The third-order valence-electron chi connectivity index (χ3n) is 5.45. The van der Waals surface area contributed by atoms with Crippen LogP contribution >= 0.6 is 23.2 Å². The van der Waals surface area contributed by atoms with Gasteiger partial charge in [0.25, 0.3) is 11.8 Å². The van der Waals surface area contributed by atoms with Crippen molar-refractivity contribution in [1.29, 1.82) is 0 Å². The van der Waals surface area contributed by atoms with Gasteiger partial charge >= 0.3 is 11.9 Å². The minimum atomic E-state index is -0.636. The van der Waals surface area contributed by atoms with Gasteiger partial charge in [-0.2, -0.15) is 0 Å². The zero-order valence-electron chi connectivity index (χ0n) is 18.8. The highest BCUT2D eigenvalue weighted by Gasteiger charge is 2.38. The largest absolute Gasteiger partial charge is 0.462 e. The van der Waals surface area contributed by atoms with E-state index in [2.05, 4.69) is 0 Å². The molecule has 0 spiro atoms. The second-order valence-corrected chi connectivity index (χ2v) is 8.57. The van der Waals surface area contributed by atoms with E-state index < -0.39 is 23.8 Å². The average molecular weight is 512 g/mol. The van der Waals surface area contributed by atoms with Gasteiger partial charge in [0.1, 0.15) is 6.61 Å². The van der Waals surface area contributed by atoms with Gasteiger partial charge in [0.15, 0.2) is 0 Å². The summed E-state index contributed by atoms with van der Waals surface area (Å²) in [5.41, 5.74) is 2.40. The normalized spacial score (nSPS) is 12.5. The molecule has 0 aliphatic carbocycles.